The summed E-state index contributed by atoms with van der Waals surface area (Å²) in [7, 11) is 0. The van der Waals surface area contributed by atoms with Crippen LogP contribution in [-0.2, 0) is 11.2 Å². The maximum absolute atomic E-state index is 12.1. The van der Waals surface area contributed by atoms with Gasteiger partial charge in [0, 0.05) is 32.7 Å². The third kappa shape index (κ3) is 4.05. The number of piperazine rings is 1. The number of carbonyl (C=O) groups is 1. The van der Waals surface area contributed by atoms with Gasteiger partial charge in [-0.05, 0) is 25.8 Å². The van der Waals surface area contributed by atoms with Crippen LogP contribution >= 0.6 is 0 Å². The fraction of sp³-hybridized carbons (Fsp3) is 0.562. The molecule has 0 spiro atoms. The Morgan fingerprint density at radius 3 is 2.30 bits per heavy atom. The van der Waals surface area contributed by atoms with Crippen LogP contribution in [0.1, 0.15) is 19.4 Å². The third-order valence-corrected chi connectivity index (χ3v) is 3.77. The van der Waals surface area contributed by atoms with Gasteiger partial charge < -0.3 is 10.6 Å². The molecule has 1 aromatic carbocycles. The topological polar surface area (TPSA) is 49.6 Å². The number of benzene rings is 1. The lowest BCUT2D eigenvalue weighted by Crippen LogP contribution is -2.57. The van der Waals surface area contributed by atoms with Crippen molar-refractivity contribution in [1.29, 1.82) is 0 Å². The summed E-state index contributed by atoms with van der Waals surface area (Å²) in [6.07, 6.45) is 1.07. The van der Waals surface area contributed by atoms with E-state index in [4.69, 9.17) is 5.73 Å². The van der Waals surface area contributed by atoms with E-state index < -0.39 is 5.54 Å². The predicted octanol–water partition coefficient (Wildman–Crippen LogP) is 1.11. The van der Waals surface area contributed by atoms with Crippen LogP contribution < -0.4 is 5.73 Å². The number of hydrogen-bond acceptors (Lipinski definition) is 3. The minimum absolute atomic E-state index is 0.0557. The molecule has 0 saturated carbocycles. The van der Waals surface area contributed by atoms with Gasteiger partial charge in [0.25, 0.3) is 0 Å². The van der Waals surface area contributed by atoms with Crippen molar-refractivity contribution in [1.82, 2.24) is 9.80 Å². The van der Waals surface area contributed by atoms with Gasteiger partial charge >= 0.3 is 0 Å². The Balaban J connectivity index is 1.76. The maximum atomic E-state index is 12.1. The van der Waals surface area contributed by atoms with E-state index in [9.17, 15) is 4.79 Å². The number of nitrogens with two attached hydrogens (primary N) is 1. The Morgan fingerprint density at radius 2 is 1.75 bits per heavy atom. The molecule has 1 saturated heterocycles. The molecule has 1 aliphatic rings. The van der Waals surface area contributed by atoms with E-state index in [0.29, 0.717) is 0 Å². The fourth-order valence-electron chi connectivity index (χ4n) is 2.51. The summed E-state index contributed by atoms with van der Waals surface area (Å²) >= 11 is 0. The van der Waals surface area contributed by atoms with Gasteiger partial charge in [0.05, 0.1) is 5.54 Å². The lowest BCUT2D eigenvalue weighted by Gasteiger charge is -2.37. The van der Waals surface area contributed by atoms with Crippen LogP contribution in [0.3, 0.4) is 0 Å². The summed E-state index contributed by atoms with van der Waals surface area (Å²) in [5.74, 6) is 0.0557. The van der Waals surface area contributed by atoms with Crippen LogP contribution in [0, 0.1) is 0 Å². The van der Waals surface area contributed by atoms with Gasteiger partial charge in [0.15, 0.2) is 0 Å². The molecule has 0 aliphatic carbocycles. The molecule has 4 nitrogen and oxygen atoms in total. The molecular weight excluding hydrogens is 250 g/mol. The summed E-state index contributed by atoms with van der Waals surface area (Å²) in [4.78, 5) is 16.4. The Hall–Kier alpha value is -1.39. The Labute approximate surface area is 121 Å². The molecule has 110 valence electrons. The second-order valence-electron chi connectivity index (χ2n) is 6.09. The van der Waals surface area contributed by atoms with Gasteiger partial charge in [-0.2, -0.15) is 0 Å². The van der Waals surface area contributed by atoms with Crippen LogP contribution in [0.2, 0.25) is 0 Å². The Kier molecular flexibility index (Phi) is 4.78. The van der Waals surface area contributed by atoms with Gasteiger partial charge in [-0.3, -0.25) is 9.69 Å². The Bertz CT molecular complexity index is 431. The lowest BCUT2D eigenvalue weighted by molar-refractivity contribution is -0.137. The highest BCUT2D eigenvalue weighted by Crippen LogP contribution is 2.09. The van der Waals surface area contributed by atoms with Crippen molar-refractivity contribution < 1.29 is 4.79 Å². The standard InChI is InChI=1S/C16H25N3O/c1-16(2,17)15(20)19-12-10-18(11-13-19)9-8-14-6-4-3-5-7-14/h3-7H,8-13,17H2,1-2H3. The molecule has 0 atom stereocenters. The molecule has 2 rings (SSSR count). The van der Waals surface area contributed by atoms with Crippen LogP contribution in [0.5, 0.6) is 0 Å². The number of carbonyl (C=O) groups excluding carboxylic acids is 1. The minimum Gasteiger partial charge on any atom is -0.339 e. The van der Waals surface area contributed by atoms with E-state index in [1.54, 1.807) is 13.8 Å². The average Bonchev–Trinajstić information content (AvgIpc) is 2.45. The first-order valence-electron chi connectivity index (χ1n) is 7.31. The van der Waals surface area contributed by atoms with Crippen molar-refractivity contribution in [3.05, 3.63) is 35.9 Å². The van der Waals surface area contributed by atoms with Gasteiger partial charge in [-0.15, -0.1) is 0 Å². The minimum atomic E-state index is -0.758. The molecule has 1 heterocycles. The molecule has 1 aromatic rings. The van der Waals surface area contributed by atoms with E-state index in [1.165, 1.54) is 5.56 Å². The Morgan fingerprint density at radius 1 is 1.15 bits per heavy atom. The van der Waals surface area contributed by atoms with E-state index in [1.807, 2.05) is 11.0 Å². The zero-order valence-electron chi connectivity index (χ0n) is 12.5. The molecule has 1 aliphatic heterocycles. The smallest absolute Gasteiger partial charge is 0.242 e. The van der Waals surface area contributed by atoms with Crippen molar-refractivity contribution in [2.45, 2.75) is 25.8 Å². The number of amides is 1. The normalized spacial score (nSPS) is 17.2. The molecule has 0 bridgehead atoms. The van der Waals surface area contributed by atoms with E-state index >= 15 is 0 Å². The maximum Gasteiger partial charge on any atom is 0.242 e. The highest BCUT2D eigenvalue weighted by molar-refractivity contribution is 5.85. The van der Waals surface area contributed by atoms with Crippen molar-refractivity contribution in [2.75, 3.05) is 32.7 Å². The first-order chi connectivity index (χ1) is 9.47. The van der Waals surface area contributed by atoms with Crippen molar-refractivity contribution in [3.63, 3.8) is 0 Å². The van der Waals surface area contributed by atoms with E-state index in [0.717, 1.165) is 39.1 Å². The second-order valence-corrected chi connectivity index (χ2v) is 6.09. The molecule has 0 radical (unpaired) electrons. The molecule has 2 N–H and O–H groups in total. The molecule has 0 aromatic heterocycles. The number of nitrogens with zero attached hydrogens (tertiary/aromatic N) is 2. The summed E-state index contributed by atoms with van der Waals surface area (Å²) in [5.41, 5.74) is 6.49. The van der Waals surface area contributed by atoms with Crippen LogP contribution in [0.15, 0.2) is 30.3 Å². The highest BCUT2D eigenvalue weighted by Gasteiger charge is 2.29. The first-order valence-corrected chi connectivity index (χ1v) is 7.31. The predicted molar refractivity (Wildman–Crippen MR) is 81.4 cm³/mol. The molecule has 1 fully saturated rings. The third-order valence-electron chi connectivity index (χ3n) is 3.77. The van der Waals surface area contributed by atoms with Crippen molar-refractivity contribution in [2.24, 2.45) is 5.73 Å². The van der Waals surface area contributed by atoms with Gasteiger partial charge in [0.2, 0.25) is 5.91 Å². The average molecular weight is 275 g/mol. The zero-order chi connectivity index (χ0) is 14.6. The van der Waals surface area contributed by atoms with Gasteiger partial charge in [-0.25, -0.2) is 0 Å². The fourth-order valence-corrected chi connectivity index (χ4v) is 2.51. The molecule has 1 amide bonds. The molecule has 20 heavy (non-hydrogen) atoms. The van der Waals surface area contributed by atoms with E-state index in [-0.39, 0.29) is 5.91 Å². The van der Waals surface area contributed by atoms with Gasteiger partial charge in [0.1, 0.15) is 0 Å². The van der Waals surface area contributed by atoms with Crippen LogP contribution in [-0.4, -0.2) is 54.0 Å². The lowest BCUT2D eigenvalue weighted by atomic mass is 10.0. The molecular formula is C16H25N3O. The number of rotatable bonds is 4. The molecule has 4 heteroatoms. The highest BCUT2D eigenvalue weighted by atomic mass is 16.2. The van der Waals surface area contributed by atoms with Crippen LogP contribution in [0.25, 0.3) is 0 Å². The quantitative estimate of drug-likeness (QED) is 0.895. The van der Waals surface area contributed by atoms with Crippen LogP contribution in [0.4, 0.5) is 0 Å². The van der Waals surface area contributed by atoms with E-state index in [2.05, 4.69) is 29.2 Å². The van der Waals surface area contributed by atoms with Crippen molar-refractivity contribution >= 4 is 5.91 Å². The summed E-state index contributed by atoms with van der Waals surface area (Å²) < 4.78 is 0. The zero-order valence-corrected chi connectivity index (χ0v) is 12.5. The second kappa shape index (κ2) is 6.37. The SMILES string of the molecule is CC(C)(N)C(=O)N1CCN(CCc2ccccc2)CC1. The van der Waals surface area contributed by atoms with Crippen molar-refractivity contribution in [3.8, 4) is 0 Å². The number of hydrogen-bond donors (Lipinski definition) is 1. The summed E-state index contributed by atoms with van der Waals surface area (Å²) in [5, 5.41) is 0. The van der Waals surface area contributed by atoms with Gasteiger partial charge in [-0.1, -0.05) is 30.3 Å². The monoisotopic (exact) mass is 275 g/mol. The largest absolute Gasteiger partial charge is 0.339 e. The summed E-state index contributed by atoms with van der Waals surface area (Å²) in [6.45, 7) is 8.05. The molecule has 0 unspecified atom stereocenters. The summed E-state index contributed by atoms with van der Waals surface area (Å²) in [6, 6.07) is 10.5. The first kappa shape index (κ1) is 15.0.